The fourth-order valence-corrected chi connectivity index (χ4v) is 3.70. The zero-order valence-corrected chi connectivity index (χ0v) is 15.0. The number of anilines is 1. The van der Waals surface area contributed by atoms with Crippen molar-refractivity contribution in [2.45, 2.75) is 6.92 Å². The van der Waals surface area contributed by atoms with Gasteiger partial charge < -0.3 is 9.30 Å². The van der Waals surface area contributed by atoms with Gasteiger partial charge in [-0.1, -0.05) is 11.3 Å². The van der Waals surface area contributed by atoms with Gasteiger partial charge in [-0.25, -0.2) is 4.98 Å². The molecular weight excluding hydrogens is 346 g/mol. The molecule has 0 bridgehead atoms. The maximum atomic E-state index is 12.3. The number of ether oxygens (including phenoxy) is 1. The molecule has 0 unspecified atom stereocenters. The Balaban J connectivity index is 1.79. The number of carbonyl (C=O) groups is 1. The minimum absolute atomic E-state index is 0.157. The van der Waals surface area contributed by atoms with Gasteiger partial charge in [-0.2, -0.15) is 0 Å². The van der Waals surface area contributed by atoms with Gasteiger partial charge in [-0.15, -0.1) is 11.3 Å². The van der Waals surface area contributed by atoms with E-state index in [-0.39, 0.29) is 10.8 Å². The lowest BCUT2D eigenvalue weighted by Crippen LogP contribution is -2.12. The SMILES string of the molecule is COc1ccc(-c2csc(NC(=O)c3sc(=O)n(C)c3C)n2)cc1. The van der Waals surface area contributed by atoms with Crippen LogP contribution in [0.4, 0.5) is 5.13 Å². The molecule has 8 heteroatoms. The number of hydrogen-bond donors (Lipinski definition) is 1. The lowest BCUT2D eigenvalue weighted by molar-refractivity contribution is 0.102. The molecule has 0 saturated heterocycles. The zero-order chi connectivity index (χ0) is 17.3. The molecule has 0 aliphatic carbocycles. The number of nitrogens with one attached hydrogen (secondary N) is 1. The lowest BCUT2D eigenvalue weighted by atomic mass is 10.2. The monoisotopic (exact) mass is 361 g/mol. The second-order valence-corrected chi connectivity index (χ2v) is 6.88. The van der Waals surface area contributed by atoms with Crippen LogP contribution in [0, 0.1) is 6.92 Å². The fourth-order valence-electron chi connectivity index (χ4n) is 2.11. The third-order valence-corrected chi connectivity index (χ3v) is 5.50. The number of hydrogen-bond acceptors (Lipinski definition) is 6. The van der Waals surface area contributed by atoms with Gasteiger partial charge in [0.25, 0.3) is 5.91 Å². The van der Waals surface area contributed by atoms with Crippen molar-refractivity contribution in [2.24, 2.45) is 7.05 Å². The molecule has 0 saturated carbocycles. The van der Waals surface area contributed by atoms with Crippen molar-refractivity contribution >= 4 is 33.7 Å². The first-order valence-electron chi connectivity index (χ1n) is 7.07. The highest BCUT2D eigenvalue weighted by molar-refractivity contribution is 7.14. The van der Waals surface area contributed by atoms with Crippen LogP contribution in [0.2, 0.25) is 0 Å². The van der Waals surface area contributed by atoms with Crippen LogP contribution >= 0.6 is 22.7 Å². The number of benzene rings is 1. The summed E-state index contributed by atoms with van der Waals surface area (Å²) in [7, 11) is 3.27. The van der Waals surface area contributed by atoms with Gasteiger partial charge in [-0.05, 0) is 31.2 Å². The summed E-state index contributed by atoms with van der Waals surface area (Å²) in [5.41, 5.74) is 2.36. The van der Waals surface area contributed by atoms with Crippen molar-refractivity contribution < 1.29 is 9.53 Å². The second kappa shape index (κ2) is 6.58. The Hall–Kier alpha value is -2.45. The number of methoxy groups -OCH3 is 1. The lowest BCUT2D eigenvalue weighted by Gasteiger charge is -2.01. The Morgan fingerprint density at radius 1 is 1.29 bits per heavy atom. The highest BCUT2D eigenvalue weighted by Crippen LogP contribution is 2.27. The van der Waals surface area contributed by atoms with Crippen molar-refractivity contribution in [3.63, 3.8) is 0 Å². The third-order valence-electron chi connectivity index (χ3n) is 3.61. The third kappa shape index (κ3) is 3.10. The Bertz CT molecular complexity index is 938. The van der Waals surface area contributed by atoms with Crippen molar-refractivity contribution in [1.29, 1.82) is 0 Å². The number of rotatable bonds is 4. The van der Waals surface area contributed by atoms with Gasteiger partial charge in [0.1, 0.15) is 10.6 Å². The average molecular weight is 361 g/mol. The Labute approximate surface area is 146 Å². The summed E-state index contributed by atoms with van der Waals surface area (Å²) >= 11 is 2.27. The molecule has 3 rings (SSSR count). The van der Waals surface area contributed by atoms with E-state index in [9.17, 15) is 9.59 Å². The molecule has 124 valence electrons. The van der Waals surface area contributed by atoms with E-state index in [0.717, 1.165) is 28.3 Å². The molecule has 2 heterocycles. The molecule has 1 aromatic carbocycles. The van der Waals surface area contributed by atoms with E-state index in [1.165, 1.54) is 15.9 Å². The van der Waals surface area contributed by atoms with Crippen molar-refractivity contribution in [2.75, 3.05) is 12.4 Å². The number of nitrogens with zero attached hydrogens (tertiary/aromatic N) is 2. The summed E-state index contributed by atoms with van der Waals surface area (Å²) in [6, 6.07) is 7.54. The number of amides is 1. The van der Waals surface area contributed by atoms with E-state index in [4.69, 9.17) is 4.74 Å². The van der Waals surface area contributed by atoms with Gasteiger partial charge in [-0.3, -0.25) is 14.9 Å². The Morgan fingerprint density at radius 2 is 2.00 bits per heavy atom. The average Bonchev–Trinajstić information content (AvgIpc) is 3.15. The van der Waals surface area contributed by atoms with E-state index in [0.29, 0.717) is 15.7 Å². The van der Waals surface area contributed by atoms with E-state index < -0.39 is 0 Å². The number of thiazole rings is 2. The Kier molecular flexibility index (Phi) is 4.50. The van der Waals surface area contributed by atoms with E-state index in [2.05, 4.69) is 10.3 Å². The number of aromatic nitrogens is 2. The quantitative estimate of drug-likeness (QED) is 0.775. The molecule has 0 radical (unpaired) electrons. The van der Waals surface area contributed by atoms with Crippen LogP contribution in [0.25, 0.3) is 11.3 Å². The molecule has 0 atom stereocenters. The predicted octanol–water partition coefficient (Wildman–Crippen LogP) is 3.14. The van der Waals surface area contributed by atoms with Crippen LogP contribution < -0.4 is 14.9 Å². The highest BCUT2D eigenvalue weighted by Gasteiger charge is 2.17. The highest BCUT2D eigenvalue weighted by atomic mass is 32.1. The van der Waals surface area contributed by atoms with Crippen molar-refractivity contribution in [1.82, 2.24) is 9.55 Å². The van der Waals surface area contributed by atoms with E-state index >= 15 is 0 Å². The summed E-state index contributed by atoms with van der Waals surface area (Å²) in [5.74, 6) is 0.461. The zero-order valence-electron chi connectivity index (χ0n) is 13.3. The summed E-state index contributed by atoms with van der Waals surface area (Å²) in [5, 5.41) is 5.12. The largest absolute Gasteiger partial charge is 0.497 e. The van der Waals surface area contributed by atoms with Crippen LogP contribution in [0.1, 0.15) is 15.4 Å². The van der Waals surface area contributed by atoms with E-state index in [1.807, 2.05) is 29.6 Å². The molecule has 3 aromatic rings. The molecule has 1 amide bonds. The maximum Gasteiger partial charge on any atom is 0.307 e. The fraction of sp³-hybridized carbons (Fsp3) is 0.188. The molecular formula is C16H15N3O3S2. The van der Waals surface area contributed by atoms with Crippen LogP contribution in [-0.2, 0) is 7.05 Å². The van der Waals surface area contributed by atoms with E-state index in [1.54, 1.807) is 21.1 Å². The smallest absolute Gasteiger partial charge is 0.307 e. The molecule has 0 aliphatic heterocycles. The Morgan fingerprint density at radius 3 is 2.58 bits per heavy atom. The standard InChI is InChI=1S/C16H15N3O3S2/c1-9-13(24-16(21)19(9)2)14(20)18-15-17-12(8-23-15)10-4-6-11(22-3)7-5-10/h4-8H,1-3H3,(H,17,18,20). The molecule has 0 aliphatic rings. The predicted molar refractivity (Wildman–Crippen MR) is 96.4 cm³/mol. The molecule has 24 heavy (non-hydrogen) atoms. The summed E-state index contributed by atoms with van der Waals surface area (Å²) < 4.78 is 6.60. The van der Waals surface area contributed by atoms with Gasteiger partial charge in [0, 0.05) is 23.7 Å². The summed E-state index contributed by atoms with van der Waals surface area (Å²) in [4.78, 5) is 28.6. The van der Waals surface area contributed by atoms with Gasteiger partial charge in [0.15, 0.2) is 5.13 Å². The molecule has 0 fully saturated rings. The van der Waals surface area contributed by atoms with Crippen LogP contribution in [0.15, 0.2) is 34.4 Å². The first-order valence-corrected chi connectivity index (χ1v) is 8.77. The van der Waals surface area contributed by atoms with Crippen molar-refractivity contribution in [3.8, 4) is 17.0 Å². The van der Waals surface area contributed by atoms with Crippen LogP contribution in [0.5, 0.6) is 5.75 Å². The summed E-state index contributed by atoms with van der Waals surface area (Å²) in [6.07, 6.45) is 0. The van der Waals surface area contributed by atoms with Gasteiger partial charge >= 0.3 is 4.87 Å². The topological polar surface area (TPSA) is 73.2 Å². The normalized spacial score (nSPS) is 10.6. The minimum atomic E-state index is -0.314. The molecule has 6 nitrogen and oxygen atoms in total. The first kappa shape index (κ1) is 16.4. The molecule has 1 N–H and O–H groups in total. The van der Waals surface area contributed by atoms with Crippen LogP contribution in [0.3, 0.4) is 0 Å². The molecule has 0 spiro atoms. The number of carbonyl (C=O) groups excluding carboxylic acids is 1. The van der Waals surface area contributed by atoms with Crippen LogP contribution in [-0.4, -0.2) is 22.6 Å². The first-order chi connectivity index (χ1) is 11.5. The van der Waals surface area contributed by atoms with Gasteiger partial charge in [0.05, 0.1) is 12.8 Å². The summed E-state index contributed by atoms with van der Waals surface area (Å²) in [6.45, 7) is 1.75. The molecule has 2 aromatic heterocycles. The maximum absolute atomic E-state index is 12.3. The second-order valence-electron chi connectivity index (χ2n) is 5.06. The minimum Gasteiger partial charge on any atom is -0.497 e. The van der Waals surface area contributed by atoms with Gasteiger partial charge in [0.2, 0.25) is 0 Å². The van der Waals surface area contributed by atoms with Crippen molar-refractivity contribution in [3.05, 3.63) is 49.9 Å².